The quantitative estimate of drug-likeness (QED) is 0.0346. The molecule has 0 radical (unpaired) electrons. The van der Waals surface area contributed by atoms with Gasteiger partial charge in [-0.3, -0.25) is 9.59 Å². The summed E-state index contributed by atoms with van der Waals surface area (Å²) in [6.07, 6.45) is 66.3. The number of esters is 2. The lowest BCUT2D eigenvalue weighted by molar-refractivity contribution is -0.163. The molecule has 0 aliphatic heterocycles. The molecule has 5 nitrogen and oxygen atoms in total. The van der Waals surface area contributed by atoms with Crippen LogP contribution >= 0.6 is 0 Å². The number of rotatable bonds is 54. The molecule has 0 saturated carbocycles. The first-order valence-corrected chi connectivity index (χ1v) is 28.9. The van der Waals surface area contributed by atoms with Crippen LogP contribution in [-0.2, 0) is 23.8 Å². The van der Waals surface area contributed by atoms with Crippen molar-refractivity contribution in [1.29, 1.82) is 0 Å². The van der Waals surface area contributed by atoms with Gasteiger partial charge in [0.2, 0.25) is 0 Å². The summed E-state index contributed by atoms with van der Waals surface area (Å²) in [4.78, 5) is 25.4. The van der Waals surface area contributed by atoms with E-state index in [1.54, 1.807) is 0 Å². The van der Waals surface area contributed by atoms with E-state index in [1.165, 1.54) is 238 Å². The van der Waals surface area contributed by atoms with Crippen molar-refractivity contribution >= 4 is 11.9 Å². The number of ether oxygens (including phenoxy) is 3. The second kappa shape index (κ2) is 55.7. The van der Waals surface area contributed by atoms with Gasteiger partial charge in [-0.25, -0.2) is 0 Å². The van der Waals surface area contributed by atoms with Gasteiger partial charge in [0.05, 0.1) is 6.61 Å². The number of hydrogen-bond acceptors (Lipinski definition) is 5. The summed E-state index contributed by atoms with van der Waals surface area (Å²) < 4.78 is 17.4. The zero-order chi connectivity index (χ0) is 46.3. The Morgan fingerprint density at radius 2 is 0.656 bits per heavy atom. The molecule has 0 aromatic carbocycles. The van der Waals surface area contributed by atoms with Crippen LogP contribution in [0.1, 0.15) is 316 Å². The van der Waals surface area contributed by atoms with E-state index in [0.717, 1.165) is 44.9 Å². The summed E-state index contributed by atoms with van der Waals surface area (Å²) in [6, 6.07) is 0. The Hall–Kier alpha value is -1.62. The second-order valence-electron chi connectivity index (χ2n) is 19.6. The SMILES string of the molecule is CCCCC/C=C\C/C=C\CCCCCCCCCCCCOCC(COC(=O)CCCCCCCCCCCCCCCCCCCCC)OC(=O)CCCCCCCCCCC. The van der Waals surface area contributed by atoms with Crippen LogP contribution in [0.4, 0.5) is 0 Å². The maximum absolute atomic E-state index is 12.8. The molecule has 0 aliphatic rings. The van der Waals surface area contributed by atoms with Crippen LogP contribution < -0.4 is 0 Å². The first-order valence-electron chi connectivity index (χ1n) is 28.9. The smallest absolute Gasteiger partial charge is 0.306 e. The molecule has 1 atom stereocenters. The fraction of sp³-hybridized carbons (Fsp3) is 0.898. The Morgan fingerprint density at radius 1 is 0.344 bits per heavy atom. The molecule has 0 spiro atoms. The van der Waals surface area contributed by atoms with Crippen molar-refractivity contribution in [2.45, 2.75) is 322 Å². The normalized spacial score (nSPS) is 12.2. The van der Waals surface area contributed by atoms with Gasteiger partial charge in [-0.1, -0.05) is 276 Å². The van der Waals surface area contributed by atoms with Crippen molar-refractivity contribution in [3.8, 4) is 0 Å². The van der Waals surface area contributed by atoms with E-state index in [1.807, 2.05) is 0 Å². The Kier molecular flexibility index (Phi) is 54.3. The van der Waals surface area contributed by atoms with E-state index >= 15 is 0 Å². The minimum Gasteiger partial charge on any atom is -0.462 e. The Balaban J connectivity index is 4.09. The number of unbranched alkanes of at least 4 members (excludes halogenated alkanes) is 39. The van der Waals surface area contributed by atoms with Crippen molar-refractivity contribution < 1.29 is 23.8 Å². The van der Waals surface area contributed by atoms with Gasteiger partial charge in [0, 0.05) is 19.4 Å². The highest BCUT2D eigenvalue weighted by Gasteiger charge is 2.17. The molecule has 0 N–H and O–H groups in total. The van der Waals surface area contributed by atoms with Crippen molar-refractivity contribution in [2.75, 3.05) is 19.8 Å². The van der Waals surface area contributed by atoms with Gasteiger partial charge in [0.25, 0.3) is 0 Å². The van der Waals surface area contributed by atoms with Crippen LogP contribution in [0.25, 0.3) is 0 Å². The van der Waals surface area contributed by atoms with Crippen molar-refractivity contribution in [3.05, 3.63) is 24.3 Å². The first kappa shape index (κ1) is 62.4. The van der Waals surface area contributed by atoms with E-state index in [9.17, 15) is 9.59 Å². The van der Waals surface area contributed by atoms with Crippen LogP contribution in [0, 0.1) is 0 Å². The van der Waals surface area contributed by atoms with Crippen LogP contribution in [0.15, 0.2) is 24.3 Å². The molecule has 1 unspecified atom stereocenters. The third kappa shape index (κ3) is 53.0. The van der Waals surface area contributed by atoms with Crippen LogP contribution in [0.5, 0.6) is 0 Å². The highest BCUT2D eigenvalue weighted by Crippen LogP contribution is 2.17. The second-order valence-corrected chi connectivity index (χ2v) is 19.6. The molecule has 0 aromatic heterocycles. The standard InChI is InChI=1S/C59H112O5/c1-4-7-10-13-16-19-21-23-25-27-29-31-33-35-37-39-42-45-48-51-54-62-55-57(64-59(61)53-50-47-44-40-18-15-12-9-6-3)56-63-58(60)52-49-46-43-41-38-36-34-32-30-28-26-24-22-20-17-14-11-8-5-2/h16,19,23,25,57H,4-15,17-18,20-22,24,26-56H2,1-3H3/b19-16-,25-23-. The van der Waals surface area contributed by atoms with Gasteiger partial charge in [-0.2, -0.15) is 0 Å². The van der Waals surface area contributed by atoms with Gasteiger partial charge in [0.1, 0.15) is 6.61 Å². The zero-order valence-corrected chi connectivity index (χ0v) is 43.6. The summed E-state index contributed by atoms with van der Waals surface area (Å²) in [5.74, 6) is -0.379. The Bertz CT molecular complexity index is 974. The molecule has 5 heteroatoms. The molecule has 0 heterocycles. The third-order valence-electron chi connectivity index (χ3n) is 13.0. The van der Waals surface area contributed by atoms with E-state index in [4.69, 9.17) is 14.2 Å². The first-order chi connectivity index (χ1) is 31.6. The summed E-state index contributed by atoms with van der Waals surface area (Å²) in [5, 5.41) is 0. The predicted octanol–water partition coefficient (Wildman–Crippen LogP) is 19.6. The number of allylic oxidation sites excluding steroid dienone is 4. The highest BCUT2D eigenvalue weighted by molar-refractivity contribution is 5.70. The number of hydrogen-bond donors (Lipinski definition) is 0. The van der Waals surface area contributed by atoms with Gasteiger partial charge in [0.15, 0.2) is 6.10 Å². The van der Waals surface area contributed by atoms with Gasteiger partial charge in [-0.05, 0) is 51.4 Å². The maximum atomic E-state index is 12.8. The maximum Gasteiger partial charge on any atom is 0.306 e. The van der Waals surface area contributed by atoms with E-state index in [-0.39, 0.29) is 18.5 Å². The minimum absolute atomic E-state index is 0.0923. The molecule has 64 heavy (non-hydrogen) atoms. The number of carbonyl (C=O) groups excluding carboxylic acids is 2. The largest absolute Gasteiger partial charge is 0.462 e. The molecule has 0 aromatic rings. The predicted molar refractivity (Wildman–Crippen MR) is 279 cm³/mol. The lowest BCUT2D eigenvalue weighted by Crippen LogP contribution is -2.30. The van der Waals surface area contributed by atoms with Gasteiger partial charge >= 0.3 is 11.9 Å². The lowest BCUT2D eigenvalue weighted by Gasteiger charge is -2.18. The van der Waals surface area contributed by atoms with Crippen molar-refractivity contribution in [3.63, 3.8) is 0 Å². The molecule has 378 valence electrons. The highest BCUT2D eigenvalue weighted by atomic mass is 16.6. The number of carbonyl (C=O) groups is 2. The van der Waals surface area contributed by atoms with Gasteiger partial charge in [-0.15, -0.1) is 0 Å². The zero-order valence-electron chi connectivity index (χ0n) is 43.6. The summed E-state index contributed by atoms with van der Waals surface area (Å²) >= 11 is 0. The monoisotopic (exact) mass is 901 g/mol. The lowest BCUT2D eigenvalue weighted by atomic mass is 10.0. The van der Waals surface area contributed by atoms with E-state index in [2.05, 4.69) is 45.1 Å². The Labute approximate surface area is 400 Å². The summed E-state index contributed by atoms with van der Waals surface area (Å²) in [6.45, 7) is 7.85. The molecular weight excluding hydrogens is 789 g/mol. The summed E-state index contributed by atoms with van der Waals surface area (Å²) in [5.41, 5.74) is 0. The average molecular weight is 902 g/mol. The topological polar surface area (TPSA) is 61.8 Å². The van der Waals surface area contributed by atoms with Crippen molar-refractivity contribution in [1.82, 2.24) is 0 Å². The van der Waals surface area contributed by atoms with Gasteiger partial charge < -0.3 is 14.2 Å². The molecule has 0 amide bonds. The fourth-order valence-corrected chi connectivity index (χ4v) is 8.66. The average Bonchev–Trinajstić information content (AvgIpc) is 3.30. The molecule has 0 bridgehead atoms. The van der Waals surface area contributed by atoms with Crippen LogP contribution in [-0.4, -0.2) is 37.9 Å². The molecule has 0 saturated heterocycles. The van der Waals surface area contributed by atoms with Crippen LogP contribution in [0.2, 0.25) is 0 Å². The summed E-state index contributed by atoms with van der Waals surface area (Å²) in [7, 11) is 0. The molecule has 0 rings (SSSR count). The van der Waals surface area contributed by atoms with Crippen LogP contribution in [0.3, 0.4) is 0 Å². The van der Waals surface area contributed by atoms with Crippen molar-refractivity contribution in [2.24, 2.45) is 0 Å². The molecular formula is C59H112O5. The third-order valence-corrected chi connectivity index (χ3v) is 13.0. The minimum atomic E-state index is -0.529. The van der Waals surface area contributed by atoms with E-state index in [0.29, 0.717) is 26.1 Å². The molecule has 0 fully saturated rings. The Morgan fingerprint density at radius 3 is 1.06 bits per heavy atom. The van der Waals surface area contributed by atoms with E-state index < -0.39 is 6.10 Å². The molecule has 0 aliphatic carbocycles. The fourth-order valence-electron chi connectivity index (χ4n) is 8.66.